The van der Waals surface area contributed by atoms with E-state index in [0.717, 1.165) is 0 Å². The summed E-state index contributed by atoms with van der Waals surface area (Å²) in [7, 11) is 0. The molecule has 0 amide bonds. The molecule has 1 aromatic rings. The van der Waals surface area contributed by atoms with E-state index in [9.17, 15) is 4.79 Å². The fourth-order valence-corrected chi connectivity index (χ4v) is 0.966. The van der Waals surface area contributed by atoms with E-state index in [1.54, 1.807) is 37.3 Å². The minimum Gasteiger partial charge on any atom is -0.464 e. The molecule has 16 heavy (non-hydrogen) atoms. The van der Waals surface area contributed by atoms with Crippen molar-refractivity contribution in [2.75, 3.05) is 6.61 Å². The highest BCUT2D eigenvalue weighted by Gasteiger charge is 2.17. The number of ether oxygens (including phenoxy) is 1. The highest BCUT2D eigenvalue weighted by Crippen LogP contribution is 2.11. The number of benzene rings is 1. The van der Waals surface area contributed by atoms with Gasteiger partial charge >= 0.3 is 5.97 Å². The van der Waals surface area contributed by atoms with E-state index in [0.29, 0.717) is 5.69 Å². The van der Waals surface area contributed by atoms with Crippen LogP contribution in [-0.4, -0.2) is 18.6 Å². The number of rotatable bonds is 4. The summed E-state index contributed by atoms with van der Waals surface area (Å²) in [6.07, 6.45) is 0. The van der Waals surface area contributed by atoms with E-state index < -0.39 is 12.0 Å². The number of esters is 1. The number of nitriles is 1. The Kier molecular flexibility index (Phi) is 4.67. The average Bonchev–Trinajstić information content (AvgIpc) is 2.31. The topological polar surface area (TPSA) is 74.8 Å². The van der Waals surface area contributed by atoms with Crippen molar-refractivity contribution in [3.63, 3.8) is 0 Å². The number of hydrogen-bond acceptors (Lipinski definition) is 5. The number of nitrogens with zero attached hydrogens (tertiary/aromatic N) is 3. The van der Waals surface area contributed by atoms with Gasteiger partial charge in [-0.1, -0.05) is 18.2 Å². The van der Waals surface area contributed by atoms with Gasteiger partial charge in [-0.3, -0.25) is 0 Å². The predicted molar refractivity (Wildman–Crippen MR) is 57.0 cm³/mol. The molecule has 0 aliphatic carbocycles. The smallest absolute Gasteiger partial charge is 0.347 e. The van der Waals surface area contributed by atoms with Crippen LogP contribution in [0.1, 0.15) is 6.92 Å². The Morgan fingerprint density at radius 2 is 2.19 bits per heavy atom. The minimum absolute atomic E-state index is 0.220. The summed E-state index contributed by atoms with van der Waals surface area (Å²) in [5.41, 5.74) is 0.590. The number of azo groups is 1. The monoisotopic (exact) mass is 217 g/mol. The SMILES string of the molecule is CCOC(=O)[C@H](C#N)N=Nc1ccccc1. The van der Waals surface area contributed by atoms with E-state index in [-0.39, 0.29) is 6.61 Å². The van der Waals surface area contributed by atoms with Crippen LogP contribution in [0.4, 0.5) is 5.69 Å². The van der Waals surface area contributed by atoms with Crippen molar-refractivity contribution in [3.05, 3.63) is 30.3 Å². The highest BCUT2D eigenvalue weighted by atomic mass is 16.5. The van der Waals surface area contributed by atoms with Crippen LogP contribution in [0.2, 0.25) is 0 Å². The molecule has 5 nitrogen and oxygen atoms in total. The summed E-state index contributed by atoms with van der Waals surface area (Å²) in [5.74, 6) is -0.676. The minimum atomic E-state index is -1.19. The molecule has 0 radical (unpaired) electrons. The van der Waals surface area contributed by atoms with E-state index in [1.807, 2.05) is 6.07 Å². The molecular weight excluding hydrogens is 206 g/mol. The Morgan fingerprint density at radius 1 is 1.50 bits per heavy atom. The molecule has 1 rings (SSSR count). The Labute approximate surface area is 93.4 Å². The van der Waals surface area contributed by atoms with Crippen LogP contribution in [-0.2, 0) is 9.53 Å². The molecule has 1 atom stereocenters. The molecule has 5 heteroatoms. The van der Waals surface area contributed by atoms with Crippen LogP contribution >= 0.6 is 0 Å². The first-order valence-electron chi connectivity index (χ1n) is 4.80. The average molecular weight is 217 g/mol. The molecule has 0 aliphatic rings. The first-order chi connectivity index (χ1) is 7.77. The van der Waals surface area contributed by atoms with Crippen molar-refractivity contribution >= 4 is 11.7 Å². The third-order valence-electron chi connectivity index (χ3n) is 1.68. The van der Waals surface area contributed by atoms with Gasteiger partial charge in [0.15, 0.2) is 0 Å². The number of hydrogen-bond donors (Lipinski definition) is 0. The Balaban J connectivity index is 2.68. The summed E-state index contributed by atoms with van der Waals surface area (Å²) >= 11 is 0. The first kappa shape index (κ1) is 11.9. The zero-order valence-corrected chi connectivity index (χ0v) is 8.83. The quantitative estimate of drug-likeness (QED) is 0.573. The molecule has 0 bridgehead atoms. The first-order valence-corrected chi connectivity index (χ1v) is 4.80. The van der Waals surface area contributed by atoms with Gasteiger partial charge in [0, 0.05) is 0 Å². The van der Waals surface area contributed by atoms with Crippen LogP contribution in [0.25, 0.3) is 0 Å². The molecule has 0 aromatic heterocycles. The number of carbonyl (C=O) groups excluding carboxylic acids is 1. The van der Waals surface area contributed by atoms with Gasteiger partial charge in [-0.15, -0.1) is 0 Å². The third-order valence-corrected chi connectivity index (χ3v) is 1.68. The third kappa shape index (κ3) is 3.50. The van der Waals surface area contributed by atoms with E-state index in [4.69, 9.17) is 5.26 Å². The summed E-state index contributed by atoms with van der Waals surface area (Å²) in [6, 6.07) is 9.40. The molecule has 0 spiro atoms. The van der Waals surface area contributed by atoms with Crippen molar-refractivity contribution in [2.45, 2.75) is 13.0 Å². The van der Waals surface area contributed by atoms with Gasteiger partial charge in [0.2, 0.25) is 0 Å². The van der Waals surface area contributed by atoms with Gasteiger partial charge in [0.1, 0.15) is 6.07 Å². The molecule has 0 unspecified atom stereocenters. The van der Waals surface area contributed by atoms with Crippen LogP contribution in [0.3, 0.4) is 0 Å². The van der Waals surface area contributed by atoms with Crippen molar-refractivity contribution < 1.29 is 9.53 Å². The fourth-order valence-electron chi connectivity index (χ4n) is 0.966. The molecule has 0 saturated carbocycles. The van der Waals surface area contributed by atoms with Crippen LogP contribution in [0.15, 0.2) is 40.6 Å². The van der Waals surface area contributed by atoms with E-state index in [2.05, 4.69) is 15.0 Å². The molecule has 0 fully saturated rings. The molecule has 0 heterocycles. The van der Waals surface area contributed by atoms with Crippen LogP contribution < -0.4 is 0 Å². The fraction of sp³-hybridized carbons (Fsp3) is 0.273. The largest absolute Gasteiger partial charge is 0.464 e. The second kappa shape index (κ2) is 6.30. The van der Waals surface area contributed by atoms with Crippen molar-refractivity contribution in [1.82, 2.24) is 0 Å². The van der Waals surface area contributed by atoms with Gasteiger partial charge in [0.25, 0.3) is 6.04 Å². The lowest BCUT2D eigenvalue weighted by molar-refractivity contribution is -0.143. The Bertz CT molecular complexity index is 409. The van der Waals surface area contributed by atoms with E-state index >= 15 is 0 Å². The summed E-state index contributed by atoms with van der Waals surface area (Å²) < 4.78 is 4.67. The Morgan fingerprint density at radius 3 is 2.75 bits per heavy atom. The van der Waals surface area contributed by atoms with Crippen LogP contribution in [0, 0.1) is 11.3 Å². The molecule has 0 saturated heterocycles. The lowest BCUT2D eigenvalue weighted by Crippen LogP contribution is -2.19. The van der Waals surface area contributed by atoms with Gasteiger partial charge in [-0.2, -0.15) is 15.5 Å². The Hall–Kier alpha value is -2.22. The van der Waals surface area contributed by atoms with Crippen molar-refractivity contribution in [1.29, 1.82) is 5.26 Å². The standard InChI is InChI=1S/C11H11N3O2/c1-2-16-11(15)10(8-12)14-13-9-6-4-3-5-7-9/h3-7,10H,2H2,1H3/t10-/m0/s1. The van der Waals surface area contributed by atoms with Crippen LogP contribution in [0.5, 0.6) is 0 Å². The summed E-state index contributed by atoms with van der Waals surface area (Å²) in [6.45, 7) is 1.89. The lowest BCUT2D eigenvalue weighted by atomic mass is 10.3. The van der Waals surface area contributed by atoms with Crippen molar-refractivity contribution in [2.24, 2.45) is 10.2 Å². The summed E-state index contributed by atoms with van der Waals surface area (Å²) in [4.78, 5) is 11.2. The predicted octanol–water partition coefficient (Wildman–Crippen LogP) is 2.23. The second-order valence-electron chi connectivity index (χ2n) is 2.83. The van der Waals surface area contributed by atoms with Gasteiger partial charge in [0.05, 0.1) is 12.3 Å². The molecular formula is C11H11N3O2. The molecule has 0 aliphatic heterocycles. The number of carbonyl (C=O) groups is 1. The maximum atomic E-state index is 11.2. The zero-order valence-electron chi connectivity index (χ0n) is 8.83. The summed E-state index contributed by atoms with van der Waals surface area (Å²) in [5, 5.41) is 16.1. The highest BCUT2D eigenvalue weighted by molar-refractivity contribution is 5.78. The normalized spacial score (nSPS) is 12.0. The maximum Gasteiger partial charge on any atom is 0.347 e. The molecule has 82 valence electrons. The van der Waals surface area contributed by atoms with Gasteiger partial charge in [-0.25, -0.2) is 4.79 Å². The zero-order chi connectivity index (χ0) is 11.8. The lowest BCUT2D eigenvalue weighted by Gasteiger charge is -2.01. The second-order valence-corrected chi connectivity index (χ2v) is 2.83. The van der Waals surface area contributed by atoms with Gasteiger partial charge < -0.3 is 4.74 Å². The maximum absolute atomic E-state index is 11.2. The van der Waals surface area contributed by atoms with Crippen molar-refractivity contribution in [3.8, 4) is 6.07 Å². The van der Waals surface area contributed by atoms with Gasteiger partial charge in [-0.05, 0) is 19.1 Å². The molecule has 0 N–H and O–H groups in total. The molecule has 1 aromatic carbocycles. The van der Waals surface area contributed by atoms with E-state index in [1.165, 1.54) is 0 Å².